The average molecular weight is 343 g/mol. The Labute approximate surface area is 145 Å². The van der Waals surface area contributed by atoms with Crippen LogP contribution in [0.2, 0.25) is 0 Å². The Balaban J connectivity index is 1.40. The molecule has 7 heteroatoms. The van der Waals surface area contributed by atoms with E-state index in [4.69, 9.17) is 9.26 Å². The van der Waals surface area contributed by atoms with E-state index in [0.717, 1.165) is 5.39 Å². The number of fused-ring (bicyclic) bond motifs is 2. The molecule has 1 aromatic heterocycles. The fourth-order valence-electron chi connectivity index (χ4n) is 3.87. The smallest absolute Gasteiger partial charge is 0.228 e. The number of aromatic nitrogens is 1. The van der Waals surface area contributed by atoms with Gasteiger partial charge in [-0.05, 0) is 12.1 Å². The topological polar surface area (TPSA) is 75.9 Å². The van der Waals surface area contributed by atoms with E-state index in [1.807, 2.05) is 29.2 Å². The molecule has 2 atom stereocenters. The number of carbonyl (C=O) groups excluding carboxylic acids is 2. The highest BCUT2D eigenvalue weighted by Crippen LogP contribution is 2.32. The molecule has 0 bridgehead atoms. The van der Waals surface area contributed by atoms with Crippen molar-refractivity contribution in [3.63, 3.8) is 0 Å². The molecule has 0 radical (unpaired) electrons. The number of carbonyl (C=O) groups is 2. The molecule has 2 amide bonds. The molecule has 25 heavy (non-hydrogen) atoms. The van der Waals surface area contributed by atoms with Crippen molar-refractivity contribution in [2.45, 2.75) is 6.42 Å². The molecule has 2 fully saturated rings. The Morgan fingerprint density at radius 3 is 2.96 bits per heavy atom. The lowest BCUT2D eigenvalue weighted by molar-refractivity contribution is -0.133. The van der Waals surface area contributed by atoms with Crippen LogP contribution in [0.5, 0.6) is 0 Å². The van der Waals surface area contributed by atoms with Gasteiger partial charge in [-0.1, -0.05) is 17.3 Å². The molecule has 0 N–H and O–H groups in total. The van der Waals surface area contributed by atoms with Gasteiger partial charge in [-0.25, -0.2) is 0 Å². The standard InChI is InChI=1S/C18H21N3O4/c1-24-7-6-20-9-12-10-21(11-14(12)18(20)23)17(22)8-15-13-4-2-3-5-16(13)25-19-15/h2-5,12,14H,6-11H2,1H3/t12-,14+/m1/s1. The van der Waals surface area contributed by atoms with E-state index in [0.29, 0.717) is 44.1 Å². The minimum atomic E-state index is -0.0742. The zero-order valence-electron chi connectivity index (χ0n) is 14.2. The van der Waals surface area contributed by atoms with Gasteiger partial charge in [0.2, 0.25) is 11.8 Å². The van der Waals surface area contributed by atoms with E-state index in [-0.39, 0.29) is 30.1 Å². The number of hydrogen-bond acceptors (Lipinski definition) is 5. The van der Waals surface area contributed by atoms with Crippen LogP contribution in [0.1, 0.15) is 5.69 Å². The van der Waals surface area contributed by atoms with Gasteiger partial charge < -0.3 is 19.1 Å². The fourth-order valence-corrected chi connectivity index (χ4v) is 3.87. The van der Waals surface area contributed by atoms with Gasteiger partial charge in [-0.15, -0.1) is 0 Å². The van der Waals surface area contributed by atoms with Gasteiger partial charge in [-0.2, -0.15) is 0 Å². The second kappa shape index (κ2) is 6.48. The van der Waals surface area contributed by atoms with Crippen molar-refractivity contribution in [1.29, 1.82) is 0 Å². The maximum absolute atomic E-state index is 12.6. The SMILES string of the molecule is COCCN1C[C@@H]2CN(C(=O)Cc3noc4ccccc34)C[C@@H]2C1=O. The summed E-state index contributed by atoms with van der Waals surface area (Å²) in [4.78, 5) is 28.8. The number of methoxy groups -OCH3 is 1. The summed E-state index contributed by atoms with van der Waals surface area (Å²) < 4.78 is 10.3. The number of para-hydroxylation sites is 1. The third-order valence-electron chi connectivity index (χ3n) is 5.21. The molecule has 0 aliphatic carbocycles. The lowest BCUT2D eigenvalue weighted by atomic mass is 10.0. The van der Waals surface area contributed by atoms with E-state index < -0.39 is 0 Å². The van der Waals surface area contributed by atoms with Crippen LogP contribution in [0.15, 0.2) is 28.8 Å². The molecule has 0 saturated carbocycles. The molecule has 2 aliphatic rings. The number of benzene rings is 1. The minimum Gasteiger partial charge on any atom is -0.383 e. The number of hydrogen-bond donors (Lipinski definition) is 0. The summed E-state index contributed by atoms with van der Waals surface area (Å²) in [5, 5.41) is 4.90. The Hall–Kier alpha value is -2.41. The third kappa shape index (κ3) is 2.89. The van der Waals surface area contributed by atoms with Crippen LogP contribution in [0, 0.1) is 11.8 Å². The predicted octanol–water partition coefficient (Wildman–Crippen LogP) is 0.933. The van der Waals surface area contributed by atoms with Gasteiger partial charge >= 0.3 is 0 Å². The first-order valence-corrected chi connectivity index (χ1v) is 8.56. The minimum absolute atomic E-state index is 0.00435. The van der Waals surface area contributed by atoms with Crippen LogP contribution in [0.4, 0.5) is 0 Å². The fraction of sp³-hybridized carbons (Fsp3) is 0.500. The van der Waals surface area contributed by atoms with E-state index in [2.05, 4.69) is 5.16 Å². The summed E-state index contributed by atoms with van der Waals surface area (Å²) in [6, 6.07) is 7.52. The molecule has 0 unspecified atom stereocenters. The number of likely N-dealkylation sites (tertiary alicyclic amines) is 2. The van der Waals surface area contributed by atoms with Crippen LogP contribution in [-0.2, 0) is 20.7 Å². The van der Waals surface area contributed by atoms with Gasteiger partial charge in [0.05, 0.1) is 18.9 Å². The number of amides is 2. The number of ether oxygens (including phenoxy) is 1. The van der Waals surface area contributed by atoms with Crippen LogP contribution >= 0.6 is 0 Å². The van der Waals surface area contributed by atoms with Crippen molar-refractivity contribution in [2.24, 2.45) is 11.8 Å². The highest BCUT2D eigenvalue weighted by Gasteiger charge is 2.47. The molecule has 0 spiro atoms. The van der Waals surface area contributed by atoms with E-state index in [1.54, 1.807) is 12.0 Å². The van der Waals surface area contributed by atoms with Gasteiger partial charge in [0.15, 0.2) is 5.58 Å². The first-order chi connectivity index (χ1) is 12.2. The summed E-state index contributed by atoms with van der Waals surface area (Å²) in [5.41, 5.74) is 1.35. The summed E-state index contributed by atoms with van der Waals surface area (Å²) in [5.74, 6) is 0.297. The molecular weight excluding hydrogens is 322 g/mol. The summed E-state index contributed by atoms with van der Waals surface area (Å²) in [6.45, 7) is 3.02. The Morgan fingerprint density at radius 1 is 1.32 bits per heavy atom. The van der Waals surface area contributed by atoms with Gasteiger partial charge in [0.1, 0.15) is 5.69 Å². The largest absolute Gasteiger partial charge is 0.383 e. The average Bonchev–Trinajstić information content (AvgIpc) is 3.29. The Kier molecular flexibility index (Phi) is 4.17. The molecule has 3 heterocycles. The van der Waals surface area contributed by atoms with Crippen molar-refractivity contribution in [2.75, 3.05) is 39.9 Å². The van der Waals surface area contributed by atoms with Crippen LogP contribution in [0.25, 0.3) is 11.0 Å². The predicted molar refractivity (Wildman–Crippen MR) is 89.7 cm³/mol. The molecule has 2 aromatic rings. The van der Waals surface area contributed by atoms with Crippen LogP contribution in [-0.4, -0.2) is 66.7 Å². The van der Waals surface area contributed by atoms with Crippen molar-refractivity contribution < 1.29 is 18.8 Å². The van der Waals surface area contributed by atoms with Crippen molar-refractivity contribution in [3.8, 4) is 0 Å². The summed E-state index contributed by atoms with van der Waals surface area (Å²) in [6.07, 6.45) is 0.206. The maximum atomic E-state index is 12.6. The van der Waals surface area contributed by atoms with Crippen molar-refractivity contribution in [1.82, 2.24) is 15.0 Å². The monoisotopic (exact) mass is 343 g/mol. The van der Waals surface area contributed by atoms with Gasteiger partial charge in [0, 0.05) is 44.6 Å². The van der Waals surface area contributed by atoms with Crippen LogP contribution < -0.4 is 0 Å². The number of rotatable bonds is 5. The van der Waals surface area contributed by atoms with Gasteiger partial charge in [0.25, 0.3) is 0 Å². The lowest BCUT2D eigenvalue weighted by Gasteiger charge is -2.21. The zero-order valence-corrected chi connectivity index (χ0v) is 14.2. The highest BCUT2D eigenvalue weighted by molar-refractivity contribution is 5.88. The van der Waals surface area contributed by atoms with E-state index in [9.17, 15) is 9.59 Å². The first kappa shape index (κ1) is 16.1. The summed E-state index contributed by atoms with van der Waals surface area (Å²) >= 11 is 0. The van der Waals surface area contributed by atoms with E-state index >= 15 is 0 Å². The molecule has 2 aliphatic heterocycles. The lowest BCUT2D eigenvalue weighted by Crippen LogP contribution is -2.37. The Morgan fingerprint density at radius 2 is 2.16 bits per heavy atom. The second-order valence-corrected chi connectivity index (χ2v) is 6.74. The Bertz CT molecular complexity index is 802. The molecule has 2 saturated heterocycles. The maximum Gasteiger partial charge on any atom is 0.228 e. The first-order valence-electron chi connectivity index (χ1n) is 8.56. The van der Waals surface area contributed by atoms with E-state index in [1.165, 1.54) is 0 Å². The van der Waals surface area contributed by atoms with Crippen molar-refractivity contribution >= 4 is 22.8 Å². The molecule has 132 valence electrons. The van der Waals surface area contributed by atoms with Crippen molar-refractivity contribution in [3.05, 3.63) is 30.0 Å². The van der Waals surface area contributed by atoms with Gasteiger partial charge in [-0.3, -0.25) is 9.59 Å². The molecule has 7 nitrogen and oxygen atoms in total. The second-order valence-electron chi connectivity index (χ2n) is 6.74. The molecule has 1 aromatic carbocycles. The molecule has 4 rings (SSSR count). The molecular formula is C18H21N3O4. The summed E-state index contributed by atoms with van der Waals surface area (Å²) in [7, 11) is 1.63. The number of nitrogens with zero attached hydrogens (tertiary/aromatic N) is 3. The normalized spacial score (nSPS) is 22.8. The highest BCUT2D eigenvalue weighted by atomic mass is 16.5. The quantitative estimate of drug-likeness (QED) is 0.807. The third-order valence-corrected chi connectivity index (χ3v) is 5.21. The van der Waals surface area contributed by atoms with Crippen LogP contribution in [0.3, 0.4) is 0 Å². The zero-order chi connectivity index (χ0) is 17.4.